The Morgan fingerprint density at radius 1 is 1.31 bits per heavy atom. The molecule has 3 heterocycles. The summed E-state index contributed by atoms with van der Waals surface area (Å²) in [6.07, 6.45) is 4.84. The second-order valence-corrected chi connectivity index (χ2v) is 7.09. The number of hydrogen-bond donors (Lipinski definition) is 1. The number of methoxy groups -OCH3 is 1. The minimum atomic E-state index is -0.250. The molecule has 1 aromatic carbocycles. The van der Waals surface area contributed by atoms with Crippen LogP contribution in [0, 0.1) is 12.8 Å². The number of hydrogen-bond acceptors (Lipinski definition) is 6. The van der Waals surface area contributed by atoms with Gasteiger partial charge in [0.25, 0.3) is 6.47 Å². The van der Waals surface area contributed by atoms with Gasteiger partial charge in [0.1, 0.15) is 5.76 Å². The maximum atomic E-state index is 8.36. The highest BCUT2D eigenvalue weighted by atomic mass is 16.5. The molecule has 29 heavy (non-hydrogen) atoms. The molecule has 0 amide bonds. The molecule has 154 valence electrons. The van der Waals surface area contributed by atoms with Gasteiger partial charge in [-0.05, 0) is 30.7 Å². The SMILES string of the molecule is CO[C@H]1CN(Cc2cccc(-n3cccn3)c2)C[C@H]1Cc1cc(C)no1.O=CO. The third-order valence-corrected chi connectivity index (χ3v) is 4.99. The smallest absolute Gasteiger partial charge is 0.290 e. The Morgan fingerprint density at radius 3 is 2.79 bits per heavy atom. The number of ether oxygens (including phenoxy) is 1. The molecule has 0 saturated carbocycles. The number of carbonyl (C=O) groups is 1. The highest BCUT2D eigenvalue weighted by Gasteiger charge is 2.33. The van der Waals surface area contributed by atoms with Crippen LogP contribution in [0.15, 0.2) is 53.3 Å². The van der Waals surface area contributed by atoms with Crippen molar-refractivity contribution in [2.75, 3.05) is 20.2 Å². The van der Waals surface area contributed by atoms with Gasteiger partial charge in [0.2, 0.25) is 0 Å². The van der Waals surface area contributed by atoms with Crippen LogP contribution in [-0.4, -0.2) is 57.7 Å². The summed E-state index contributed by atoms with van der Waals surface area (Å²) in [6.45, 7) is 4.53. The summed E-state index contributed by atoms with van der Waals surface area (Å²) < 4.78 is 13.0. The molecular formula is C21H26N4O4. The lowest BCUT2D eigenvalue weighted by molar-refractivity contribution is -0.122. The summed E-state index contributed by atoms with van der Waals surface area (Å²) in [5.74, 6) is 1.36. The highest BCUT2D eigenvalue weighted by molar-refractivity contribution is 5.35. The third-order valence-electron chi connectivity index (χ3n) is 4.99. The van der Waals surface area contributed by atoms with Gasteiger partial charge in [-0.15, -0.1) is 0 Å². The van der Waals surface area contributed by atoms with E-state index >= 15 is 0 Å². The van der Waals surface area contributed by atoms with Gasteiger partial charge in [-0.2, -0.15) is 5.10 Å². The molecule has 1 N–H and O–H groups in total. The van der Waals surface area contributed by atoms with Crippen LogP contribution in [0.25, 0.3) is 5.69 Å². The number of rotatable bonds is 6. The van der Waals surface area contributed by atoms with Gasteiger partial charge in [0.15, 0.2) is 0 Å². The van der Waals surface area contributed by atoms with Crippen LogP contribution in [0.4, 0.5) is 0 Å². The largest absolute Gasteiger partial charge is 0.483 e. The lowest BCUT2D eigenvalue weighted by Crippen LogP contribution is -2.23. The summed E-state index contributed by atoms with van der Waals surface area (Å²) in [7, 11) is 1.80. The van der Waals surface area contributed by atoms with Crippen molar-refractivity contribution in [2.24, 2.45) is 5.92 Å². The molecule has 1 aliphatic heterocycles. The number of carboxylic acid groups (broad SMARTS) is 1. The predicted octanol–water partition coefficient (Wildman–Crippen LogP) is 2.56. The highest BCUT2D eigenvalue weighted by Crippen LogP contribution is 2.25. The minimum absolute atomic E-state index is 0.217. The van der Waals surface area contributed by atoms with E-state index in [1.165, 1.54) is 5.56 Å². The van der Waals surface area contributed by atoms with Gasteiger partial charge >= 0.3 is 0 Å². The summed E-state index contributed by atoms with van der Waals surface area (Å²) in [6, 6.07) is 12.5. The standard InChI is InChI=1S/C20H24N4O2.CH2O2/c1-15-9-19(26-22-15)11-17-13-23(14-20(17)25-2)12-16-5-3-6-18(10-16)24-8-4-7-21-24;2-1-3/h3-10,17,20H,11-14H2,1-2H3;1H,(H,2,3)/t17-,20+;/m1./s1. The van der Waals surface area contributed by atoms with Crippen molar-refractivity contribution in [3.8, 4) is 5.69 Å². The first kappa shape index (κ1) is 20.8. The molecule has 0 unspecified atom stereocenters. The minimum Gasteiger partial charge on any atom is -0.483 e. The number of likely N-dealkylation sites (tertiary alicyclic amines) is 1. The average Bonchev–Trinajstić information content (AvgIpc) is 3.45. The zero-order valence-electron chi connectivity index (χ0n) is 16.6. The Morgan fingerprint density at radius 2 is 2.14 bits per heavy atom. The predicted molar refractivity (Wildman–Crippen MR) is 107 cm³/mol. The van der Waals surface area contributed by atoms with Crippen LogP contribution < -0.4 is 0 Å². The zero-order valence-corrected chi connectivity index (χ0v) is 16.6. The molecule has 0 aliphatic carbocycles. The van der Waals surface area contributed by atoms with E-state index in [1.54, 1.807) is 13.3 Å². The molecule has 0 spiro atoms. The van der Waals surface area contributed by atoms with E-state index in [0.29, 0.717) is 5.92 Å². The maximum Gasteiger partial charge on any atom is 0.290 e. The number of aromatic nitrogens is 3. The molecule has 0 radical (unpaired) electrons. The van der Waals surface area contributed by atoms with Gasteiger partial charge in [-0.3, -0.25) is 9.69 Å². The Hall–Kier alpha value is -2.97. The Bertz CT molecular complexity index is 894. The quantitative estimate of drug-likeness (QED) is 0.638. The first-order chi connectivity index (χ1) is 14.1. The van der Waals surface area contributed by atoms with Crippen molar-refractivity contribution in [1.29, 1.82) is 0 Å². The molecule has 4 rings (SSSR count). The van der Waals surface area contributed by atoms with Crippen LogP contribution in [-0.2, 0) is 22.5 Å². The average molecular weight is 398 g/mol. The fourth-order valence-corrected chi connectivity index (χ4v) is 3.77. The van der Waals surface area contributed by atoms with E-state index in [0.717, 1.165) is 43.2 Å². The van der Waals surface area contributed by atoms with Crippen molar-refractivity contribution in [1.82, 2.24) is 19.8 Å². The van der Waals surface area contributed by atoms with Crippen LogP contribution in [0.5, 0.6) is 0 Å². The van der Waals surface area contributed by atoms with Crippen LogP contribution in [0.2, 0.25) is 0 Å². The molecule has 8 heteroatoms. The van der Waals surface area contributed by atoms with Crippen LogP contribution in [0.1, 0.15) is 17.0 Å². The molecule has 3 aromatic rings. The zero-order chi connectivity index (χ0) is 20.6. The summed E-state index contributed by atoms with van der Waals surface area (Å²) in [4.78, 5) is 10.8. The lowest BCUT2D eigenvalue weighted by atomic mass is 10.0. The van der Waals surface area contributed by atoms with Gasteiger partial charge < -0.3 is 14.4 Å². The van der Waals surface area contributed by atoms with Crippen molar-refractivity contribution in [3.63, 3.8) is 0 Å². The third kappa shape index (κ3) is 5.52. The van der Waals surface area contributed by atoms with Crippen LogP contribution in [0.3, 0.4) is 0 Å². The maximum absolute atomic E-state index is 8.36. The van der Waals surface area contributed by atoms with E-state index in [1.807, 2.05) is 29.9 Å². The van der Waals surface area contributed by atoms with Crippen molar-refractivity contribution in [3.05, 3.63) is 65.8 Å². The molecule has 8 nitrogen and oxygen atoms in total. The van der Waals surface area contributed by atoms with Crippen molar-refractivity contribution in [2.45, 2.75) is 26.0 Å². The Labute approximate surface area is 169 Å². The molecule has 2 atom stereocenters. The Balaban J connectivity index is 0.000000755. The fourth-order valence-electron chi connectivity index (χ4n) is 3.77. The topological polar surface area (TPSA) is 93.6 Å². The van der Waals surface area contributed by atoms with E-state index in [-0.39, 0.29) is 12.6 Å². The Kier molecular flexibility index (Phi) is 7.15. The molecule has 1 aliphatic rings. The van der Waals surface area contributed by atoms with Gasteiger partial charge in [-0.25, -0.2) is 4.68 Å². The molecule has 1 fully saturated rings. The van der Waals surface area contributed by atoms with Crippen molar-refractivity contribution >= 4 is 6.47 Å². The number of nitrogens with zero attached hydrogens (tertiary/aromatic N) is 4. The van der Waals surface area contributed by atoms with E-state index < -0.39 is 0 Å². The fraction of sp³-hybridized carbons (Fsp3) is 0.381. The van der Waals surface area contributed by atoms with Gasteiger partial charge in [-0.1, -0.05) is 17.3 Å². The molecule has 1 saturated heterocycles. The first-order valence-electron chi connectivity index (χ1n) is 9.47. The second kappa shape index (κ2) is 9.99. The number of aryl methyl sites for hydroxylation is 1. The second-order valence-electron chi connectivity index (χ2n) is 7.09. The summed E-state index contributed by atoms with van der Waals surface area (Å²) >= 11 is 0. The van der Waals surface area contributed by atoms with Crippen molar-refractivity contribution < 1.29 is 19.2 Å². The van der Waals surface area contributed by atoms with Gasteiger partial charge in [0.05, 0.1) is 17.5 Å². The van der Waals surface area contributed by atoms with E-state index in [2.05, 4.69) is 39.4 Å². The van der Waals surface area contributed by atoms with Crippen LogP contribution >= 0.6 is 0 Å². The van der Waals surface area contributed by atoms with E-state index in [9.17, 15) is 0 Å². The molecular weight excluding hydrogens is 372 g/mol. The summed E-state index contributed by atoms with van der Waals surface area (Å²) in [5.41, 5.74) is 3.30. The molecule has 2 aromatic heterocycles. The van der Waals surface area contributed by atoms with E-state index in [4.69, 9.17) is 19.2 Å². The molecule has 0 bridgehead atoms. The normalized spacial score (nSPS) is 19.0. The number of benzene rings is 1. The monoisotopic (exact) mass is 398 g/mol. The summed E-state index contributed by atoms with van der Waals surface area (Å²) in [5, 5.41) is 15.2. The van der Waals surface area contributed by atoms with Gasteiger partial charge in [0, 0.05) is 57.5 Å². The lowest BCUT2D eigenvalue weighted by Gasteiger charge is -2.16. The first-order valence-corrected chi connectivity index (χ1v) is 9.47.